The molecule has 9 nitrogen and oxygen atoms in total. The molecule has 0 fully saturated rings. The summed E-state index contributed by atoms with van der Waals surface area (Å²) in [5, 5.41) is 17.7. The third-order valence-electron chi connectivity index (χ3n) is 3.66. The van der Waals surface area contributed by atoms with Crippen LogP contribution in [0.1, 0.15) is 13.8 Å². The van der Waals surface area contributed by atoms with E-state index < -0.39 is 0 Å². The first-order valence-corrected chi connectivity index (χ1v) is 9.86. The van der Waals surface area contributed by atoms with Gasteiger partial charge in [-0.1, -0.05) is 23.9 Å². The number of para-hydroxylation sites is 2. The van der Waals surface area contributed by atoms with E-state index >= 15 is 0 Å². The Hall–Kier alpha value is -3.40. The normalized spacial score (nSPS) is 10.4. The summed E-state index contributed by atoms with van der Waals surface area (Å²) in [6.07, 6.45) is 0. The predicted octanol–water partition coefficient (Wildman–Crippen LogP) is 2.75. The molecule has 0 radical (unpaired) electrons. The first-order valence-electron chi connectivity index (χ1n) is 8.87. The molecule has 150 valence electrons. The average molecular weight is 412 g/mol. The molecule has 0 aliphatic rings. The number of ether oxygens (including phenoxy) is 1. The number of aromatic nitrogens is 4. The van der Waals surface area contributed by atoms with Crippen LogP contribution >= 0.6 is 11.8 Å². The molecular formula is C19H20N6O3S. The highest BCUT2D eigenvalue weighted by atomic mass is 32.2. The number of hydrogen-bond donors (Lipinski definition) is 2. The van der Waals surface area contributed by atoms with Gasteiger partial charge in [-0.25, -0.2) is 0 Å². The minimum Gasteiger partial charge on any atom is -0.492 e. The zero-order valence-electron chi connectivity index (χ0n) is 16.0. The van der Waals surface area contributed by atoms with Gasteiger partial charge in [0.05, 0.1) is 12.4 Å². The molecule has 2 amide bonds. The third-order valence-corrected chi connectivity index (χ3v) is 4.57. The Kier molecular flexibility index (Phi) is 6.80. The van der Waals surface area contributed by atoms with Crippen LogP contribution in [-0.2, 0) is 9.59 Å². The number of amides is 2. The lowest BCUT2D eigenvalue weighted by molar-refractivity contribution is -0.114. The number of anilines is 2. The Morgan fingerprint density at radius 2 is 1.76 bits per heavy atom. The lowest BCUT2D eigenvalue weighted by Gasteiger charge is -2.10. The Labute approximate surface area is 171 Å². The fraction of sp³-hybridized carbons (Fsp3) is 0.211. The van der Waals surface area contributed by atoms with Crippen LogP contribution in [0.2, 0.25) is 0 Å². The summed E-state index contributed by atoms with van der Waals surface area (Å²) >= 11 is 1.22. The molecule has 29 heavy (non-hydrogen) atoms. The number of benzene rings is 2. The summed E-state index contributed by atoms with van der Waals surface area (Å²) in [6.45, 7) is 3.86. The van der Waals surface area contributed by atoms with Crippen LogP contribution in [0.25, 0.3) is 5.69 Å². The van der Waals surface area contributed by atoms with Crippen LogP contribution in [-0.4, -0.2) is 44.4 Å². The van der Waals surface area contributed by atoms with Crippen molar-refractivity contribution in [3.05, 3.63) is 48.5 Å². The molecule has 1 aromatic heterocycles. The van der Waals surface area contributed by atoms with Gasteiger partial charge in [-0.2, -0.15) is 4.68 Å². The molecule has 0 atom stereocenters. The molecule has 0 aliphatic heterocycles. The van der Waals surface area contributed by atoms with E-state index in [0.717, 1.165) is 0 Å². The monoisotopic (exact) mass is 412 g/mol. The fourth-order valence-corrected chi connectivity index (χ4v) is 3.18. The van der Waals surface area contributed by atoms with E-state index in [1.54, 1.807) is 28.9 Å². The molecular weight excluding hydrogens is 392 g/mol. The van der Waals surface area contributed by atoms with Crippen molar-refractivity contribution in [1.29, 1.82) is 0 Å². The predicted molar refractivity (Wildman–Crippen MR) is 110 cm³/mol. The van der Waals surface area contributed by atoms with Crippen molar-refractivity contribution in [2.45, 2.75) is 19.0 Å². The number of carbonyl (C=O) groups is 2. The maximum absolute atomic E-state index is 12.3. The molecule has 0 bridgehead atoms. The van der Waals surface area contributed by atoms with Gasteiger partial charge in [-0.15, -0.1) is 5.10 Å². The summed E-state index contributed by atoms with van der Waals surface area (Å²) in [5.41, 5.74) is 2.00. The molecule has 0 spiro atoms. The van der Waals surface area contributed by atoms with E-state index in [1.165, 1.54) is 18.7 Å². The Morgan fingerprint density at radius 1 is 1.07 bits per heavy atom. The number of thioether (sulfide) groups is 1. The number of nitrogens with one attached hydrogen (secondary N) is 2. The van der Waals surface area contributed by atoms with Crippen molar-refractivity contribution in [3.8, 4) is 11.4 Å². The minimum absolute atomic E-state index is 0.130. The second-order valence-electron chi connectivity index (χ2n) is 5.87. The molecule has 3 rings (SSSR count). The van der Waals surface area contributed by atoms with E-state index in [-0.39, 0.29) is 17.6 Å². The van der Waals surface area contributed by atoms with Crippen LogP contribution in [0.15, 0.2) is 53.7 Å². The Morgan fingerprint density at radius 3 is 2.45 bits per heavy atom. The first-order chi connectivity index (χ1) is 14.1. The van der Waals surface area contributed by atoms with E-state index in [2.05, 4.69) is 26.2 Å². The zero-order chi connectivity index (χ0) is 20.6. The summed E-state index contributed by atoms with van der Waals surface area (Å²) in [5.74, 6) is 0.439. The quantitative estimate of drug-likeness (QED) is 0.547. The smallest absolute Gasteiger partial charge is 0.234 e. The van der Waals surface area contributed by atoms with Gasteiger partial charge in [0.15, 0.2) is 0 Å². The van der Waals surface area contributed by atoms with Crippen molar-refractivity contribution >= 4 is 35.0 Å². The minimum atomic E-state index is -0.199. The van der Waals surface area contributed by atoms with Crippen LogP contribution in [0.5, 0.6) is 5.75 Å². The van der Waals surface area contributed by atoms with E-state index in [9.17, 15) is 9.59 Å². The average Bonchev–Trinajstić information content (AvgIpc) is 3.17. The van der Waals surface area contributed by atoms with E-state index in [4.69, 9.17) is 4.74 Å². The Bertz CT molecular complexity index is 990. The number of tetrazole rings is 1. The van der Waals surface area contributed by atoms with Crippen molar-refractivity contribution in [3.63, 3.8) is 0 Å². The summed E-state index contributed by atoms with van der Waals surface area (Å²) in [6, 6.07) is 14.3. The molecule has 0 unspecified atom stereocenters. The molecule has 0 saturated heterocycles. The largest absolute Gasteiger partial charge is 0.492 e. The zero-order valence-corrected chi connectivity index (χ0v) is 16.8. The highest BCUT2D eigenvalue weighted by Crippen LogP contribution is 2.26. The second-order valence-corrected chi connectivity index (χ2v) is 6.81. The van der Waals surface area contributed by atoms with Gasteiger partial charge in [0, 0.05) is 18.3 Å². The fourth-order valence-electron chi connectivity index (χ4n) is 2.50. The Balaban J connectivity index is 1.62. The molecule has 0 aliphatic carbocycles. The van der Waals surface area contributed by atoms with Gasteiger partial charge in [0.1, 0.15) is 11.4 Å². The number of nitrogens with zero attached hydrogens (tertiary/aromatic N) is 4. The van der Waals surface area contributed by atoms with Gasteiger partial charge >= 0.3 is 0 Å². The molecule has 1 heterocycles. The summed E-state index contributed by atoms with van der Waals surface area (Å²) in [7, 11) is 0. The third kappa shape index (κ3) is 5.55. The van der Waals surface area contributed by atoms with E-state index in [0.29, 0.717) is 34.6 Å². The molecule has 10 heteroatoms. The van der Waals surface area contributed by atoms with Gasteiger partial charge in [0.25, 0.3) is 0 Å². The lowest BCUT2D eigenvalue weighted by Crippen LogP contribution is -2.15. The second kappa shape index (κ2) is 9.69. The lowest BCUT2D eigenvalue weighted by atomic mass is 10.3. The summed E-state index contributed by atoms with van der Waals surface area (Å²) < 4.78 is 7.17. The maximum Gasteiger partial charge on any atom is 0.234 e. The van der Waals surface area contributed by atoms with Gasteiger partial charge in [0.2, 0.25) is 17.0 Å². The molecule has 2 N–H and O–H groups in total. The van der Waals surface area contributed by atoms with E-state index in [1.807, 2.05) is 31.2 Å². The van der Waals surface area contributed by atoms with Gasteiger partial charge in [-0.05, 0) is 53.7 Å². The highest BCUT2D eigenvalue weighted by molar-refractivity contribution is 7.99. The number of hydrogen-bond acceptors (Lipinski definition) is 7. The van der Waals surface area contributed by atoms with Crippen molar-refractivity contribution in [2.75, 3.05) is 23.0 Å². The van der Waals surface area contributed by atoms with Crippen LogP contribution < -0.4 is 15.4 Å². The first kappa shape index (κ1) is 20.3. The molecule has 2 aromatic carbocycles. The SMILES string of the molecule is CCOc1ccccc1-n1nnnc1SCC(=O)Nc1ccc(NC(C)=O)cc1. The standard InChI is InChI=1S/C19H20N6O3S/c1-3-28-17-7-5-4-6-16(17)25-19(22-23-24-25)29-12-18(27)21-15-10-8-14(9-11-15)20-13(2)26/h4-11H,3,12H2,1-2H3,(H,20,26)(H,21,27). The number of rotatable bonds is 8. The topological polar surface area (TPSA) is 111 Å². The summed E-state index contributed by atoms with van der Waals surface area (Å²) in [4.78, 5) is 23.3. The van der Waals surface area contributed by atoms with Crippen molar-refractivity contribution in [2.24, 2.45) is 0 Å². The molecule has 0 saturated carbocycles. The van der Waals surface area contributed by atoms with Crippen molar-refractivity contribution in [1.82, 2.24) is 20.2 Å². The highest BCUT2D eigenvalue weighted by Gasteiger charge is 2.15. The van der Waals surface area contributed by atoms with Gasteiger partial charge in [-0.3, -0.25) is 9.59 Å². The van der Waals surface area contributed by atoms with Crippen LogP contribution in [0.3, 0.4) is 0 Å². The van der Waals surface area contributed by atoms with Crippen LogP contribution in [0, 0.1) is 0 Å². The van der Waals surface area contributed by atoms with Crippen LogP contribution in [0.4, 0.5) is 11.4 Å². The van der Waals surface area contributed by atoms with Crippen molar-refractivity contribution < 1.29 is 14.3 Å². The molecule has 3 aromatic rings. The maximum atomic E-state index is 12.3. The van der Waals surface area contributed by atoms with Gasteiger partial charge < -0.3 is 15.4 Å². The number of carbonyl (C=O) groups excluding carboxylic acids is 2.